The average Bonchev–Trinajstić information content (AvgIpc) is 2.74. The van der Waals surface area contributed by atoms with Gasteiger partial charge in [0.05, 0.1) is 7.11 Å². The first-order valence-electron chi connectivity index (χ1n) is 6.05. The largest absolute Gasteiger partial charge is 0.497 e. The molecule has 1 aromatic carbocycles. The molecule has 90 valence electrons. The van der Waals surface area contributed by atoms with E-state index in [0.717, 1.165) is 24.5 Å². The molecule has 17 heavy (non-hydrogen) atoms. The van der Waals surface area contributed by atoms with Gasteiger partial charge in [0.25, 0.3) is 0 Å². The van der Waals surface area contributed by atoms with Gasteiger partial charge in [-0.1, -0.05) is 0 Å². The van der Waals surface area contributed by atoms with Gasteiger partial charge >= 0.3 is 0 Å². The minimum Gasteiger partial charge on any atom is -0.497 e. The Labute approximate surface area is 106 Å². The number of ether oxygens (including phenoxy) is 1. The van der Waals surface area contributed by atoms with Gasteiger partial charge in [-0.3, -0.25) is 0 Å². The number of aromatic nitrogens is 1. The lowest BCUT2D eigenvalue weighted by Crippen LogP contribution is -2.14. The molecule has 1 aliphatic carbocycles. The Bertz CT molecular complexity index is 546. The monoisotopic (exact) mass is 249 g/mol. The molecule has 1 N–H and O–H groups in total. The Kier molecular flexibility index (Phi) is 2.75. The van der Waals surface area contributed by atoms with Crippen molar-refractivity contribution in [3.63, 3.8) is 0 Å². The van der Waals surface area contributed by atoms with Crippen molar-refractivity contribution in [3.05, 3.63) is 29.5 Å². The zero-order chi connectivity index (χ0) is 11.8. The fourth-order valence-corrected chi connectivity index (χ4v) is 3.00. The molecular formula is C14H16ClNO. The number of H-pyrrole nitrogens is 1. The van der Waals surface area contributed by atoms with Crippen molar-refractivity contribution in [1.82, 2.24) is 4.98 Å². The minimum atomic E-state index is 0.630. The van der Waals surface area contributed by atoms with Crippen LogP contribution in [0.4, 0.5) is 0 Å². The number of alkyl halides is 1. The van der Waals surface area contributed by atoms with E-state index in [9.17, 15) is 0 Å². The highest BCUT2D eigenvalue weighted by Gasteiger charge is 2.21. The van der Waals surface area contributed by atoms with Crippen LogP contribution in [0.2, 0.25) is 0 Å². The molecule has 1 unspecified atom stereocenters. The summed E-state index contributed by atoms with van der Waals surface area (Å²) < 4.78 is 5.26. The van der Waals surface area contributed by atoms with Crippen LogP contribution in [0.15, 0.2) is 18.2 Å². The molecule has 0 spiro atoms. The van der Waals surface area contributed by atoms with Crippen LogP contribution in [0.3, 0.4) is 0 Å². The molecule has 0 amide bonds. The van der Waals surface area contributed by atoms with Crippen molar-refractivity contribution in [2.45, 2.75) is 19.3 Å². The first-order valence-corrected chi connectivity index (χ1v) is 6.58. The van der Waals surface area contributed by atoms with Gasteiger partial charge in [0.1, 0.15) is 5.75 Å². The van der Waals surface area contributed by atoms with Gasteiger partial charge in [0.15, 0.2) is 0 Å². The summed E-state index contributed by atoms with van der Waals surface area (Å²) in [5, 5.41) is 1.33. The van der Waals surface area contributed by atoms with Gasteiger partial charge in [-0.2, -0.15) is 0 Å². The highest BCUT2D eigenvalue weighted by atomic mass is 35.5. The molecule has 1 aromatic heterocycles. The van der Waals surface area contributed by atoms with Crippen molar-refractivity contribution in [3.8, 4) is 5.75 Å². The summed E-state index contributed by atoms with van der Waals surface area (Å²) in [6.45, 7) is 0. The lowest BCUT2D eigenvalue weighted by Gasteiger charge is -2.19. The lowest BCUT2D eigenvalue weighted by molar-refractivity contribution is 0.415. The van der Waals surface area contributed by atoms with Crippen LogP contribution in [-0.2, 0) is 12.8 Å². The second-order valence-corrected chi connectivity index (χ2v) is 5.07. The van der Waals surface area contributed by atoms with Gasteiger partial charge < -0.3 is 9.72 Å². The first-order chi connectivity index (χ1) is 8.31. The maximum Gasteiger partial charge on any atom is 0.120 e. The topological polar surface area (TPSA) is 25.0 Å². The molecule has 0 bridgehead atoms. The molecule has 0 saturated carbocycles. The van der Waals surface area contributed by atoms with E-state index in [0.29, 0.717) is 5.92 Å². The summed E-state index contributed by atoms with van der Waals surface area (Å²) >= 11 is 5.98. The van der Waals surface area contributed by atoms with E-state index in [4.69, 9.17) is 16.3 Å². The van der Waals surface area contributed by atoms with Gasteiger partial charge in [0.2, 0.25) is 0 Å². The predicted octanol–water partition coefficient (Wildman–Crippen LogP) is 3.52. The van der Waals surface area contributed by atoms with Crippen LogP contribution >= 0.6 is 11.6 Å². The molecule has 0 radical (unpaired) electrons. The Morgan fingerprint density at radius 2 is 2.35 bits per heavy atom. The standard InChI is InChI=1S/C14H16ClNO/c1-17-10-3-4-11-12-6-9(8-15)2-5-13(12)16-14(11)7-10/h3-4,7,9,16H,2,5-6,8H2,1H3. The van der Waals surface area contributed by atoms with Crippen molar-refractivity contribution in [2.24, 2.45) is 5.92 Å². The molecule has 0 aliphatic heterocycles. The molecule has 3 heteroatoms. The van der Waals surface area contributed by atoms with E-state index >= 15 is 0 Å². The van der Waals surface area contributed by atoms with E-state index in [1.807, 2.05) is 6.07 Å². The number of aromatic amines is 1. The highest BCUT2D eigenvalue weighted by Crippen LogP contribution is 2.33. The number of fused-ring (bicyclic) bond motifs is 3. The molecule has 2 nitrogen and oxygen atoms in total. The van der Waals surface area contributed by atoms with Gasteiger partial charge in [-0.25, -0.2) is 0 Å². The van der Waals surface area contributed by atoms with Gasteiger partial charge in [-0.15, -0.1) is 11.6 Å². The summed E-state index contributed by atoms with van der Waals surface area (Å²) in [6, 6.07) is 6.25. The normalized spacial score (nSPS) is 19.3. The number of hydrogen-bond acceptors (Lipinski definition) is 1. The van der Waals surface area contributed by atoms with E-state index in [1.165, 1.54) is 28.6 Å². The number of methoxy groups -OCH3 is 1. The van der Waals surface area contributed by atoms with Crippen LogP contribution in [0.1, 0.15) is 17.7 Å². The third-order valence-electron chi connectivity index (χ3n) is 3.72. The maximum absolute atomic E-state index is 5.98. The summed E-state index contributed by atoms with van der Waals surface area (Å²) in [7, 11) is 1.70. The molecule has 2 aromatic rings. The third-order valence-corrected chi connectivity index (χ3v) is 4.15. The number of hydrogen-bond donors (Lipinski definition) is 1. The number of nitrogens with one attached hydrogen (secondary N) is 1. The second kappa shape index (κ2) is 4.26. The molecule has 1 atom stereocenters. The first kappa shape index (κ1) is 11.0. The van der Waals surface area contributed by atoms with Gasteiger partial charge in [0, 0.05) is 28.5 Å². The van der Waals surface area contributed by atoms with Crippen molar-refractivity contribution >= 4 is 22.5 Å². The second-order valence-electron chi connectivity index (χ2n) is 4.76. The molecule has 0 saturated heterocycles. The molecule has 1 heterocycles. The summed E-state index contributed by atoms with van der Waals surface area (Å²) in [4.78, 5) is 3.51. The summed E-state index contributed by atoms with van der Waals surface area (Å²) in [5.41, 5.74) is 4.03. The zero-order valence-corrected chi connectivity index (χ0v) is 10.7. The summed E-state index contributed by atoms with van der Waals surface area (Å²) in [5.74, 6) is 2.30. The van der Waals surface area contributed by atoms with Crippen LogP contribution in [0.25, 0.3) is 10.9 Å². The van der Waals surface area contributed by atoms with Crippen molar-refractivity contribution in [1.29, 1.82) is 0 Å². The Morgan fingerprint density at radius 3 is 3.12 bits per heavy atom. The number of rotatable bonds is 2. The highest BCUT2D eigenvalue weighted by molar-refractivity contribution is 6.18. The average molecular weight is 250 g/mol. The number of halogens is 1. The molecular weight excluding hydrogens is 234 g/mol. The Balaban J connectivity index is 2.09. The lowest BCUT2D eigenvalue weighted by atomic mass is 9.87. The Morgan fingerprint density at radius 1 is 1.47 bits per heavy atom. The van der Waals surface area contributed by atoms with E-state index in [1.54, 1.807) is 7.11 Å². The molecule has 0 fully saturated rings. The smallest absolute Gasteiger partial charge is 0.120 e. The van der Waals surface area contributed by atoms with Crippen molar-refractivity contribution in [2.75, 3.05) is 13.0 Å². The van der Waals surface area contributed by atoms with Crippen LogP contribution in [0.5, 0.6) is 5.75 Å². The predicted molar refractivity (Wildman–Crippen MR) is 71.1 cm³/mol. The number of aryl methyl sites for hydroxylation is 1. The fraction of sp³-hybridized carbons (Fsp3) is 0.429. The van der Waals surface area contributed by atoms with E-state index in [-0.39, 0.29) is 0 Å². The van der Waals surface area contributed by atoms with Crippen LogP contribution in [-0.4, -0.2) is 18.0 Å². The minimum absolute atomic E-state index is 0.630. The van der Waals surface area contributed by atoms with E-state index in [2.05, 4.69) is 17.1 Å². The fourth-order valence-electron chi connectivity index (χ4n) is 2.73. The Hall–Kier alpha value is -1.15. The van der Waals surface area contributed by atoms with Crippen molar-refractivity contribution < 1.29 is 4.74 Å². The maximum atomic E-state index is 5.98. The van der Waals surface area contributed by atoms with Crippen LogP contribution in [0, 0.1) is 5.92 Å². The summed E-state index contributed by atoms with van der Waals surface area (Å²) in [6.07, 6.45) is 3.41. The molecule has 3 rings (SSSR count). The number of benzene rings is 1. The van der Waals surface area contributed by atoms with Gasteiger partial charge in [-0.05, 0) is 42.9 Å². The molecule has 1 aliphatic rings. The van der Waals surface area contributed by atoms with Crippen LogP contribution < -0.4 is 4.74 Å². The third kappa shape index (κ3) is 1.81. The SMILES string of the molecule is COc1ccc2c3c([nH]c2c1)CCC(CCl)C3. The quantitative estimate of drug-likeness (QED) is 0.810. The van der Waals surface area contributed by atoms with E-state index < -0.39 is 0 Å². The zero-order valence-electron chi connectivity index (χ0n) is 9.92.